The number of aldehydes is 1. The van der Waals surface area contributed by atoms with Gasteiger partial charge in [-0.3, -0.25) is 14.8 Å². The first kappa shape index (κ1) is 37.3. The quantitative estimate of drug-likeness (QED) is 0.214. The van der Waals surface area contributed by atoms with Gasteiger partial charge in [0.2, 0.25) is 0 Å². The van der Waals surface area contributed by atoms with E-state index < -0.39 is 17.3 Å². The van der Waals surface area contributed by atoms with Crippen molar-refractivity contribution < 1.29 is 83.2 Å². The Morgan fingerprint density at radius 2 is 1.22 bits per heavy atom. The van der Waals surface area contributed by atoms with Crippen LogP contribution in [0, 0.1) is 70.3 Å². The third kappa shape index (κ3) is 8.18. The predicted molar refractivity (Wildman–Crippen MR) is 164 cm³/mol. The minimum Gasteiger partial charge on any atom is -0.544 e. The van der Waals surface area contributed by atoms with Gasteiger partial charge in [0.05, 0.1) is 40.5 Å². The van der Waals surface area contributed by atoms with E-state index in [0.717, 1.165) is 42.9 Å². The van der Waals surface area contributed by atoms with Crippen LogP contribution in [0.4, 0.5) is 8.78 Å². The third-order valence-corrected chi connectivity index (χ3v) is 10.6. The van der Waals surface area contributed by atoms with Crippen LogP contribution >= 0.6 is 0 Å². The second kappa shape index (κ2) is 16.0. The number of carbonyl (C=O) groups is 2. The fourth-order valence-corrected chi connectivity index (χ4v) is 8.40. The van der Waals surface area contributed by atoms with Gasteiger partial charge in [-0.2, -0.15) is 0 Å². The molecule has 4 aliphatic carbocycles. The van der Waals surface area contributed by atoms with Crippen molar-refractivity contribution in [3.8, 4) is 11.5 Å². The second-order valence-electron chi connectivity index (χ2n) is 13.4. The molecular formula is C36H36ClF2N2NaO7. The Kier molecular flexibility index (Phi) is 12.2. The summed E-state index contributed by atoms with van der Waals surface area (Å²) in [5.41, 5.74) is 1.46. The van der Waals surface area contributed by atoms with Gasteiger partial charge in [-0.1, -0.05) is 13.8 Å². The van der Waals surface area contributed by atoms with Crippen molar-refractivity contribution in [1.29, 1.82) is 0 Å². The summed E-state index contributed by atoms with van der Waals surface area (Å²) in [6.07, 6.45) is 8.42. The fourth-order valence-electron chi connectivity index (χ4n) is 8.40. The van der Waals surface area contributed by atoms with E-state index >= 15 is 0 Å². The largest absolute Gasteiger partial charge is 1.00 e. The molecule has 0 radical (unpaired) electrons. The second-order valence-corrected chi connectivity index (χ2v) is 13.5. The Morgan fingerprint density at radius 1 is 0.816 bits per heavy atom. The van der Waals surface area contributed by atoms with Crippen LogP contribution < -0.4 is 48.3 Å². The number of halogens is 3. The standard InChI is InChI=1S/C18H18FNO3.C18H18FNO2.ClO2.Na/c1-9(18(21)22)17-12-7-11(8-13(12)17)23-16-4-5-20-15-3-2-10(19)6-14(15)16;1-10(9-21)18-13-7-12(8-14(13)18)22-17-4-5-20-16-3-2-11(19)6-15(16)17;2-1-3;/h2-6,9,11-13,17H,7-8H2,1H3,(H,21,22);2-6,9-10,12-14,18H,7-8H2,1H3;;/q;;-1;+1/t9?,11?,12-,13+,17?;10?,12?,13-,14+,18?;;. The molecule has 10 atom stereocenters. The van der Waals surface area contributed by atoms with E-state index in [-0.39, 0.29) is 65.2 Å². The van der Waals surface area contributed by atoms with Crippen molar-refractivity contribution in [2.75, 3.05) is 0 Å². The maximum absolute atomic E-state index is 13.5. The van der Waals surface area contributed by atoms with Gasteiger partial charge in [-0.05, 0) is 110 Å². The smallest absolute Gasteiger partial charge is 0.544 e. The first-order valence-electron chi connectivity index (χ1n) is 16.1. The van der Waals surface area contributed by atoms with Gasteiger partial charge in [-0.25, -0.2) is 8.78 Å². The molecule has 49 heavy (non-hydrogen) atoms. The zero-order chi connectivity index (χ0) is 34.1. The van der Waals surface area contributed by atoms with Gasteiger partial charge >= 0.3 is 35.5 Å². The summed E-state index contributed by atoms with van der Waals surface area (Å²) in [4.78, 5) is 30.4. The summed E-state index contributed by atoms with van der Waals surface area (Å²) in [6.45, 7) is 3.80. The van der Waals surface area contributed by atoms with Crippen LogP contribution in [0.2, 0.25) is 0 Å². The van der Waals surface area contributed by atoms with E-state index in [0.29, 0.717) is 57.9 Å². The predicted octanol–water partition coefficient (Wildman–Crippen LogP) is 1.74. The van der Waals surface area contributed by atoms with Crippen molar-refractivity contribution >= 4 is 34.1 Å². The summed E-state index contributed by atoms with van der Waals surface area (Å²) in [6, 6.07) is 12.6. The summed E-state index contributed by atoms with van der Waals surface area (Å²) in [7, 11) is 0. The Balaban J connectivity index is 0.000000174. The van der Waals surface area contributed by atoms with Crippen LogP contribution in [-0.4, -0.2) is 39.5 Å². The number of carbonyl (C=O) groups excluding carboxylic acids is 1. The normalized spacial score (nSPS) is 28.3. The van der Waals surface area contributed by atoms with Gasteiger partial charge in [0.25, 0.3) is 0 Å². The van der Waals surface area contributed by atoms with Crippen LogP contribution in [0.5, 0.6) is 11.5 Å². The molecule has 254 valence electrons. The Labute approximate surface area is 308 Å². The van der Waals surface area contributed by atoms with Gasteiger partial charge in [0.1, 0.15) is 29.4 Å². The molecule has 2 heterocycles. The van der Waals surface area contributed by atoms with E-state index in [1.807, 2.05) is 6.92 Å². The SMILES string of the molecule is CC(C(=O)O)C1[C@H]2CC(Oc3ccnc4ccc(F)cc34)C[C@@H]12.CC(C=O)C1[C@H]2CC(Oc3ccnc4ccc(F)cc34)C[C@@H]12.[Na+].[O-][Cl+][O-]. The van der Waals surface area contributed by atoms with E-state index in [1.54, 1.807) is 43.6 Å². The van der Waals surface area contributed by atoms with Gasteiger partial charge in [0.15, 0.2) is 0 Å². The zero-order valence-corrected chi connectivity index (χ0v) is 30.1. The number of nitrogens with zero attached hydrogens (tertiary/aromatic N) is 2. The monoisotopic (exact) mass is 704 g/mol. The molecule has 6 unspecified atom stereocenters. The molecule has 0 amide bonds. The maximum Gasteiger partial charge on any atom is 1.00 e. The molecule has 2 aromatic heterocycles. The Morgan fingerprint density at radius 3 is 1.61 bits per heavy atom. The minimum absolute atomic E-state index is 0. The third-order valence-electron chi connectivity index (χ3n) is 10.6. The molecule has 4 fully saturated rings. The van der Waals surface area contributed by atoms with E-state index in [2.05, 4.69) is 9.97 Å². The topological polar surface area (TPSA) is 145 Å². The summed E-state index contributed by atoms with van der Waals surface area (Å²) in [5, 5.41) is 10.5. The number of aromatic nitrogens is 2. The average Bonchev–Trinajstić information content (AvgIpc) is 3.80. The molecule has 2 aromatic carbocycles. The average molecular weight is 705 g/mol. The van der Waals surface area contributed by atoms with Crippen LogP contribution in [0.15, 0.2) is 60.9 Å². The molecule has 1 N–H and O–H groups in total. The number of rotatable bonds is 8. The van der Waals surface area contributed by atoms with Gasteiger partial charge < -0.3 is 28.7 Å². The van der Waals surface area contributed by atoms with Crippen LogP contribution in [0.25, 0.3) is 21.8 Å². The summed E-state index contributed by atoms with van der Waals surface area (Å²) < 4.78 is 55.6. The van der Waals surface area contributed by atoms with Gasteiger partial charge in [-0.15, -0.1) is 0 Å². The molecule has 13 heteroatoms. The first-order chi connectivity index (χ1) is 23.1. The van der Waals surface area contributed by atoms with E-state index in [9.17, 15) is 18.4 Å². The first-order valence-corrected chi connectivity index (χ1v) is 16.7. The van der Waals surface area contributed by atoms with Crippen molar-refractivity contribution in [3.05, 3.63) is 72.6 Å². The molecule has 9 nitrogen and oxygen atoms in total. The Hall–Kier alpha value is -2.93. The molecule has 0 aliphatic heterocycles. The van der Waals surface area contributed by atoms with E-state index in [1.165, 1.54) is 24.3 Å². The fraction of sp³-hybridized carbons (Fsp3) is 0.444. The number of carboxylic acids is 1. The zero-order valence-electron chi connectivity index (χ0n) is 27.4. The molecule has 4 aromatic rings. The van der Waals surface area contributed by atoms with Crippen molar-refractivity contribution in [3.63, 3.8) is 0 Å². The van der Waals surface area contributed by atoms with Crippen molar-refractivity contribution in [1.82, 2.24) is 9.97 Å². The van der Waals surface area contributed by atoms with Crippen LogP contribution in [0.3, 0.4) is 0 Å². The Bertz CT molecular complexity index is 1780. The number of aliphatic carboxylic acids is 1. The van der Waals surface area contributed by atoms with E-state index in [4.69, 9.17) is 23.9 Å². The number of hydrogen-bond acceptors (Lipinski definition) is 8. The molecule has 0 bridgehead atoms. The molecular weight excluding hydrogens is 669 g/mol. The molecule has 4 aliphatic rings. The number of hydrogen-bond donors (Lipinski definition) is 1. The molecule has 0 saturated heterocycles. The maximum atomic E-state index is 13.5. The molecule has 0 spiro atoms. The molecule has 8 rings (SSSR count). The van der Waals surface area contributed by atoms with Crippen molar-refractivity contribution in [2.45, 2.75) is 51.7 Å². The van der Waals surface area contributed by atoms with Crippen LogP contribution in [-0.2, 0) is 9.59 Å². The van der Waals surface area contributed by atoms with Crippen molar-refractivity contribution in [2.24, 2.45) is 47.3 Å². The minimum atomic E-state index is -0.711. The van der Waals surface area contributed by atoms with Gasteiger partial charge in [0, 0.05) is 29.1 Å². The number of ether oxygens (including phenoxy) is 2. The number of pyridine rings is 2. The summed E-state index contributed by atoms with van der Waals surface area (Å²) >= 11 is -0.417. The number of benzene rings is 2. The number of fused-ring (bicyclic) bond motifs is 4. The molecule has 4 saturated carbocycles. The summed E-state index contributed by atoms with van der Waals surface area (Å²) in [5.74, 6) is 2.94. The number of carboxylic acid groups (broad SMARTS) is 1. The van der Waals surface area contributed by atoms with Crippen LogP contribution in [0.1, 0.15) is 39.5 Å².